The van der Waals surface area contributed by atoms with Crippen molar-refractivity contribution in [3.05, 3.63) is 63.6 Å². The summed E-state index contributed by atoms with van der Waals surface area (Å²) in [5.74, 6) is -0.277. The van der Waals surface area contributed by atoms with E-state index in [-0.39, 0.29) is 28.4 Å². The van der Waals surface area contributed by atoms with Gasteiger partial charge in [0.05, 0.1) is 28.3 Å². The first-order valence-corrected chi connectivity index (χ1v) is 11.6. The predicted molar refractivity (Wildman–Crippen MR) is 135 cm³/mol. The standard InChI is InChI=1S/C25H33Cl2N3O3/c1-24(2,3)23(33)30-22-18(26)12-17(13-19(22)27)20(31)14-29-25(4,5)15-28-21(32)11-16-9-7-6-8-10-16/h6-10,12-13,20,29,31H,11,14-15H2,1-5H3,(H,28,32)(H,30,33). The lowest BCUT2D eigenvalue weighted by Crippen LogP contribution is -2.50. The number of rotatable bonds is 9. The number of carbonyl (C=O) groups is 2. The average molecular weight is 494 g/mol. The summed E-state index contributed by atoms with van der Waals surface area (Å²) in [7, 11) is 0. The van der Waals surface area contributed by atoms with E-state index < -0.39 is 17.1 Å². The van der Waals surface area contributed by atoms with Gasteiger partial charge in [-0.1, -0.05) is 74.3 Å². The molecule has 8 heteroatoms. The number of anilines is 1. The first-order chi connectivity index (χ1) is 15.3. The fourth-order valence-corrected chi connectivity index (χ4v) is 3.52. The third kappa shape index (κ3) is 8.63. The van der Waals surface area contributed by atoms with Crippen LogP contribution in [0.2, 0.25) is 10.0 Å². The van der Waals surface area contributed by atoms with E-state index >= 15 is 0 Å². The molecule has 0 bridgehead atoms. The van der Waals surface area contributed by atoms with Gasteiger partial charge in [-0.25, -0.2) is 0 Å². The summed E-state index contributed by atoms with van der Waals surface area (Å²) in [6.45, 7) is 9.87. The Morgan fingerprint density at radius 2 is 1.58 bits per heavy atom. The molecular formula is C25H33Cl2N3O3. The molecule has 2 amide bonds. The number of benzene rings is 2. The zero-order chi connectivity index (χ0) is 24.8. The van der Waals surface area contributed by atoms with Crippen molar-refractivity contribution >= 4 is 40.7 Å². The number of nitrogens with one attached hydrogen (secondary N) is 3. The number of halogens is 2. The molecule has 0 saturated carbocycles. The van der Waals surface area contributed by atoms with E-state index in [1.807, 2.05) is 44.2 Å². The number of β-amino-alcohol motifs (C(OH)–C–C–N with tert-alkyl or cyclic N) is 1. The molecule has 1 atom stereocenters. The fourth-order valence-electron chi connectivity index (χ4n) is 2.92. The number of aliphatic hydroxyl groups excluding tert-OH is 1. The molecule has 4 N–H and O–H groups in total. The first kappa shape index (κ1) is 27.1. The second-order valence-electron chi connectivity index (χ2n) is 9.78. The van der Waals surface area contributed by atoms with E-state index in [1.54, 1.807) is 32.9 Å². The van der Waals surface area contributed by atoms with E-state index in [0.29, 0.717) is 24.2 Å². The fraction of sp³-hybridized carbons (Fsp3) is 0.440. The van der Waals surface area contributed by atoms with Crippen LogP contribution >= 0.6 is 23.2 Å². The SMILES string of the molecule is CC(C)(CNC(=O)Cc1ccccc1)NCC(O)c1cc(Cl)c(NC(=O)C(C)(C)C)c(Cl)c1. The molecule has 0 saturated heterocycles. The van der Waals surface area contributed by atoms with Crippen LogP contribution < -0.4 is 16.0 Å². The molecule has 0 aromatic heterocycles. The maximum absolute atomic E-state index is 12.3. The normalized spacial score (nSPS) is 12.8. The second-order valence-corrected chi connectivity index (χ2v) is 10.6. The van der Waals surface area contributed by atoms with Gasteiger partial charge in [0.15, 0.2) is 0 Å². The van der Waals surface area contributed by atoms with Crippen LogP contribution in [0, 0.1) is 5.41 Å². The van der Waals surface area contributed by atoms with Crippen molar-refractivity contribution < 1.29 is 14.7 Å². The van der Waals surface area contributed by atoms with Crippen LogP contribution in [-0.4, -0.2) is 35.5 Å². The Labute approximate surface area is 206 Å². The molecule has 2 aromatic rings. The summed E-state index contributed by atoms with van der Waals surface area (Å²) >= 11 is 12.7. The summed E-state index contributed by atoms with van der Waals surface area (Å²) in [6.07, 6.45) is -0.569. The molecule has 0 fully saturated rings. The Kier molecular flexibility index (Phi) is 9.32. The molecule has 2 aromatic carbocycles. The van der Waals surface area contributed by atoms with Crippen LogP contribution in [0.5, 0.6) is 0 Å². The zero-order valence-electron chi connectivity index (χ0n) is 19.8. The Bertz CT molecular complexity index is 950. The highest BCUT2D eigenvalue weighted by atomic mass is 35.5. The number of hydrogen-bond donors (Lipinski definition) is 4. The Balaban J connectivity index is 1.92. The number of hydrogen-bond acceptors (Lipinski definition) is 4. The quantitative estimate of drug-likeness (QED) is 0.406. The van der Waals surface area contributed by atoms with Crippen molar-refractivity contribution in [2.45, 2.75) is 52.7 Å². The van der Waals surface area contributed by atoms with Gasteiger partial charge in [-0.2, -0.15) is 0 Å². The Morgan fingerprint density at radius 3 is 2.12 bits per heavy atom. The lowest BCUT2D eigenvalue weighted by Gasteiger charge is -2.28. The molecule has 0 heterocycles. The summed E-state index contributed by atoms with van der Waals surface area (Å²) in [4.78, 5) is 24.5. The minimum absolute atomic E-state index is 0.0666. The third-order valence-electron chi connectivity index (χ3n) is 5.08. The smallest absolute Gasteiger partial charge is 0.229 e. The number of amides is 2. The van der Waals surface area contributed by atoms with Crippen molar-refractivity contribution in [1.82, 2.24) is 10.6 Å². The molecule has 0 aliphatic heterocycles. The minimum atomic E-state index is -0.883. The van der Waals surface area contributed by atoms with Crippen molar-refractivity contribution in [2.24, 2.45) is 5.41 Å². The van der Waals surface area contributed by atoms with E-state index in [4.69, 9.17) is 23.2 Å². The predicted octanol–water partition coefficient (Wildman–Crippen LogP) is 4.74. The van der Waals surface area contributed by atoms with E-state index in [9.17, 15) is 14.7 Å². The lowest BCUT2D eigenvalue weighted by atomic mass is 9.95. The number of carbonyl (C=O) groups excluding carboxylic acids is 2. The van der Waals surface area contributed by atoms with E-state index in [2.05, 4.69) is 16.0 Å². The van der Waals surface area contributed by atoms with Crippen LogP contribution in [0.25, 0.3) is 0 Å². The summed E-state index contributed by atoms with van der Waals surface area (Å²) in [6, 6.07) is 12.7. The molecule has 33 heavy (non-hydrogen) atoms. The van der Waals surface area contributed by atoms with Gasteiger partial charge in [0.1, 0.15) is 0 Å². The van der Waals surface area contributed by atoms with Crippen LogP contribution in [0.15, 0.2) is 42.5 Å². The summed E-state index contributed by atoms with van der Waals surface area (Å²) < 4.78 is 0. The van der Waals surface area contributed by atoms with Crippen LogP contribution in [0.4, 0.5) is 5.69 Å². The largest absolute Gasteiger partial charge is 0.387 e. The van der Waals surface area contributed by atoms with Gasteiger partial charge in [-0.3, -0.25) is 9.59 Å². The first-order valence-electron chi connectivity index (χ1n) is 10.8. The van der Waals surface area contributed by atoms with Gasteiger partial charge in [0, 0.05) is 24.0 Å². The zero-order valence-corrected chi connectivity index (χ0v) is 21.3. The van der Waals surface area contributed by atoms with Gasteiger partial charge in [0.25, 0.3) is 0 Å². The van der Waals surface area contributed by atoms with E-state index in [0.717, 1.165) is 5.56 Å². The molecule has 0 aliphatic rings. The molecule has 0 radical (unpaired) electrons. The number of aliphatic hydroxyl groups is 1. The maximum Gasteiger partial charge on any atom is 0.229 e. The molecule has 1 unspecified atom stereocenters. The second kappa shape index (κ2) is 11.3. The van der Waals surface area contributed by atoms with Gasteiger partial charge in [-0.05, 0) is 37.1 Å². The third-order valence-corrected chi connectivity index (χ3v) is 5.67. The molecule has 2 rings (SSSR count). The van der Waals surface area contributed by atoms with Crippen LogP contribution in [0.1, 0.15) is 51.8 Å². The van der Waals surface area contributed by atoms with Crippen molar-refractivity contribution in [3.8, 4) is 0 Å². The van der Waals surface area contributed by atoms with Crippen molar-refractivity contribution in [1.29, 1.82) is 0 Å². The topological polar surface area (TPSA) is 90.5 Å². The molecule has 0 spiro atoms. The molecule has 0 aliphatic carbocycles. The highest BCUT2D eigenvalue weighted by Gasteiger charge is 2.24. The van der Waals surface area contributed by atoms with Crippen LogP contribution in [-0.2, 0) is 16.0 Å². The Hall–Kier alpha value is -2.12. The monoisotopic (exact) mass is 493 g/mol. The Morgan fingerprint density at radius 1 is 1.00 bits per heavy atom. The average Bonchev–Trinajstić information content (AvgIpc) is 2.73. The van der Waals surface area contributed by atoms with Gasteiger partial charge >= 0.3 is 0 Å². The molecular weight excluding hydrogens is 461 g/mol. The lowest BCUT2D eigenvalue weighted by molar-refractivity contribution is -0.123. The highest BCUT2D eigenvalue weighted by Crippen LogP contribution is 2.35. The van der Waals surface area contributed by atoms with E-state index in [1.165, 1.54) is 0 Å². The van der Waals surface area contributed by atoms with Crippen molar-refractivity contribution in [2.75, 3.05) is 18.4 Å². The van der Waals surface area contributed by atoms with Crippen LogP contribution in [0.3, 0.4) is 0 Å². The van der Waals surface area contributed by atoms with Gasteiger partial charge in [-0.15, -0.1) is 0 Å². The maximum atomic E-state index is 12.3. The van der Waals surface area contributed by atoms with Gasteiger partial charge < -0.3 is 21.1 Å². The highest BCUT2D eigenvalue weighted by molar-refractivity contribution is 6.40. The van der Waals surface area contributed by atoms with Gasteiger partial charge in [0.2, 0.25) is 11.8 Å². The summed E-state index contributed by atoms with van der Waals surface area (Å²) in [5, 5.41) is 20.1. The summed E-state index contributed by atoms with van der Waals surface area (Å²) in [5.41, 5.74) is 0.740. The minimum Gasteiger partial charge on any atom is -0.387 e. The molecule has 6 nitrogen and oxygen atoms in total. The molecule has 180 valence electrons. The van der Waals surface area contributed by atoms with Crippen molar-refractivity contribution in [3.63, 3.8) is 0 Å².